The number of ether oxygens (including phenoxy) is 1. The van der Waals surface area contributed by atoms with Gasteiger partial charge in [-0.25, -0.2) is 9.78 Å². The second kappa shape index (κ2) is 9.47. The van der Waals surface area contributed by atoms with E-state index in [1.54, 1.807) is 4.90 Å². The fourth-order valence-corrected chi connectivity index (χ4v) is 4.64. The lowest BCUT2D eigenvalue weighted by Crippen LogP contribution is -2.22. The number of aromatic nitrogens is 2. The number of carbonyl (C=O) groups excluding carboxylic acids is 2. The molecule has 1 amide bonds. The standard InChI is InChI=1S/C24H29N3O3S/c1-7-19-8-10-21(11-9-19)27(18(6)28)24-25-20(14-31-24)13-30-23(29)22-12-16(4)26(15(2)3)17(22)5/h8-12,14-15H,7,13H2,1-6H3. The fraction of sp³-hybridized carbons (Fsp3) is 0.375. The van der Waals surface area contributed by atoms with Gasteiger partial charge in [-0.15, -0.1) is 11.3 Å². The zero-order valence-electron chi connectivity index (χ0n) is 18.9. The minimum Gasteiger partial charge on any atom is -0.455 e. The van der Waals surface area contributed by atoms with Crippen molar-refractivity contribution in [3.8, 4) is 0 Å². The molecule has 0 bridgehead atoms. The van der Waals surface area contributed by atoms with Crippen molar-refractivity contribution in [2.45, 2.75) is 60.6 Å². The molecule has 0 unspecified atom stereocenters. The number of aryl methyl sites for hydroxylation is 2. The number of rotatable bonds is 7. The normalized spacial score (nSPS) is 11.1. The Bertz CT molecular complexity index is 1080. The Kier molecular flexibility index (Phi) is 6.95. The first-order chi connectivity index (χ1) is 14.7. The van der Waals surface area contributed by atoms with Gasteiger partial charge in [-0.3, -0.25) is 9.69 Å². The van der Waals surface area contributed by atoms with Crippen molar-refractivity contribution in [1.29, 1.82) is 0 Å². The Morgan fingerprint density at radius 2 is 1.87 bits per heavy atom. The first-order valence-corrected chi connectivity index (χ1v) is 11.3. The quantitative estimate of drug-likeness (QED) is 0.440. The summed E-state index contributed by atoms with van der Waals surface area (Å²) in [4.78, 5) is 31.0. The molecule has 1 aromatic carbocycles. The number of amides is 1. The van der Waals surface area contributed by atoms with Crippen LogP contribution in [-0.2, 0) is 22.6 Å². The van der Waals surface area contributed by atoms with Crippen molar-refractivity contribution in [3.63, 3.8) is 0 Å². The monoisotopic (exact) mass is 439 g/mol. The molecular formula is C24H29N3O3S. The maximum absolute atomic E-state index is 12.6. The number of nitrogens with zero attached hydrogens (tertiary/aromatic N) is 3. The van der Waals surface area contributed by atoms with Gasteiger partial charge in [-0.1, -0.05) is 19.1 Å². The van der Waals surface area contributed by atoms with Gasteiger partial charge >= 0.3 is 5.97 Å². The minimum absolute atomic E-state index is 0.0567. The van der Waals surface area contributed by atoms with E-state index in [0.29, 0.717) is 16.4 Å². The molecule has 164 valence electrons. The summed E-state index contributed by atoms with van der Waals surface area (Å²) in [6, 6.07) is 10.00. The molecular weight excluding hydrogens is 410 g/mol. The van der Waals surface area contributed by atoms with Crippen LogP contribution in [-0.4, -0.2) is 21.4 Å². The largest absolute Gasteiger partial charge is 0.455 e. The van der Waals surface area contributed by atoms with E-state index in [1.165, 1.54) is 23.8 Å². The van der Waals surface area contributed by atoms with Gasteiger partial charge < -0.3 is 9.30 Å². The molecule has 0 spiro atoms. The van der Waals surface area contributed by atoms with Crippen LogP contribution in [0.3, 0.4) is 0 Å². The molecule has 7 heteroatoms. The second-order valence-corrected chi connectivity index (χ2v) is 8.66. The third kappa shape index (κ3) is 4.88. The fourth-order valence-electron chi connectivity index (χ4n) is 3.77. The third-order valence-electron chi connectivity index (χ3n) is 5.22. The lowest BCUT2D eigenvalue weighted by atomic mass is 10.1. The minimum atomic E-state index is -0.367. The Hall–Kier alpha value is -2.93. The summed E-state index contributed by atoms with van der Waals surface area (Å²) >= 11 is 1.35. The maximum atomic E-state index is 12.6. The van der Waals surface area contributed by atoms with E-state index >= 15 is 0 Å². The molecule has 6 nitrogen and oxygen atoms in total. The molecule has 0 aliphatic carbocycles. The predicted molar refractivity (Wildman–Crippen MR) is 124 cm³/mol. The van der Waals surface area contributed by atoms with Gasteiger partial charge in [0.25, 0.3) is 0 Å². The molecule has 3 rings (SSSR count). The first-order valence-electron chi connectivity index (χ1n) is 10.4. The van der Waals surface area contributed by atoms with Crippen LogP contribution in [0.15, 0.2) is 35.7 Å². The highest BCUT2D eigenvalue weighted by Crippen LogP contribution is 2.29. The Morgan fingerprint density at radius 3 is 2.42 bits per heavy atom. The predicted octanol–water partition coefficient (Wildman–Crippen LogP) is 5.75. The number of thiazole rings is 1. The highest BCUT2D eigenvalue weighted by atomic mass is 32.1. The number of carbonyl (C=O) groups is 2. The molecule has 0 atom stereocenters. The van der Waals surface area contributed by atoms with E-state index in [0.717, 1.165) is 23.5 Å². The molecule has 0 saturated heterocycles. The lowest BCUT2D eigenvalue weighted by Gasteiger charge is -2.18. The summed E-state index contributed by atoms with van der Waals surface area (Å²) in [6.45, 7) is 11.7. The average molecular weight is 440 g/mol. The van der Waals surface area contributed by atoms with Gasteiger partial charge in [0, 0.05) is 29.7 Å². The highest BCUT2D eigenvalue weighted by molar-refractivity contribution is 7.14. The molecule has 3 aromatic rings. The van der Waals surface area contributed by atoms with Crippen molar-refractivity contribution in [1.82, 2.24) is 9.55 Å². The first kappa shape index (κ1) is 22.7. The maximum Gasteiger partial charge on any atom is 0.340 e. The number of esters is 1. The number of anilines is 2. The lowest BCUT2D eigenvalue weighted by molar-refractivity contribution is -0.115. The zero-order chi connectivity index (χ0) is 22.7. The Morgan fingerprint density at radius 1 is 1.19 bits per heavy atom. The van der Waals surface area contributed by atoms with E-state index < -0.39 is 0 Å². The van der Waals surface area contributed by atoms with Crippen LogP contribution in [0.4, 0.5) is 10.8 Å². The van der Waals surface area contributed by atoms with E-state index in [-0.39, 0.29) is 24.5 Å². The second-order valence-electron chi connectivity index (χ2n) is 7.82. The van der Waals surface area contributed by atoms with Gasteiger partial charge in [0.1, 0.15) is 6.61 Å². The van der Waals surface area contributed by atoms with E-state index in [9.17, 15) is 9.59 Å². The zero-order valence-corrected chi connectivity index (χ0v) is 19.7. The molecule has 31 heavy (non-hydrogen) atoms. The SMILES string of the molecule is CCc1ccc(N(C(C)=O)c2nc(COC(=O)c3cc(C)n(C(C)C)c3C)cs2)cc1. The van der Waals surface area contributed by atoms with Crippen molar-refractivity contribution < 1.29 is 14.3 Å². The van der Waals surface area contributed by atoms with Crippen LogP contribution in [0.2, 0.25) is 0 Å². The summed E-state index contributed by atoms with van der Waals surface area (Å²) in [6.07, 6.45) is 0.937. The van der Waals surface area contributed by atoms with E-state index in [4.69, 9.17) is 4.74 Å². The topological polar surface area (TPSA) is 64.4 Å². The summed E-state index contributed by atoms with van der Waals surface area (Å²) < 4.78 is 7.64. The number of hydrogen-bond donors (Lipinski definition) is 0. The molecule has 2 heterocycles. The van der Waals surface area contributed by atoms with Crippen LogP contribution >= 0.6 is 11.3 Å². The number of hydrogen-bond acceptors (Lipinski definition) is 5. The van der Waals surface area contributed by atoms with Crippen LogP contribution in [0, 0.1) is 13.8 Å². The summed E-state index contributed by atoms with van der Waals surface area (Å²) in [5.41, 5.74) is 5.08. The van der Waals surface area contributed by atoms with Gasteiger partial charge in [-0.05, 0) is 57.9 Å². The van der Waals surface area contributed by atoms with Crippen molar-refractivity contribution >= 4 is 34.0 Å². The number of benzene rings is 1. The molecule has 0 aliphatic heterocycles. The summed E-state index contributed by atoms with van der Waals surface area (Å²) in [5.74, 6) is -0.489. The van der Waals surface area contributed by atoms with Gasteiger partial charge in [0.2, 0.25) is 5.91 Å². The van der Waals surface area contributed by atoms with Gasteiger partial charge in [0.05, 0.1) is 16.9 Å². The Balaban J connectivity index is 1.73. The molecule has 0 fully saturated rings. The van der Waals surface area contributed by atoms with Crippen molar-refractivity contribution in [2.24, 2.45) is 0 Å². The summed E-state index contributed by atoms with van der Waals surface area (Å²) in [7, 11) is 0. The van der Waals surface area contributed by atoms with Gasteiger partial charge in [-0.2, -0.15) is 0 Å². The van der Waals surface area contributed by atoms with Crippen LogP contribution in [0.1, 0.15) is 66.7 Å². The van der Waals surface area contributed by atoms with E-state index in [1.807, 2.05) is 49.6 Å². The van der Waals surface area contributed by atoms with Crippen LogP contribution in [0.5, 0.6) is 0 Å². The smallest absolute Gasteiger partial charge is 0.340 e. The summed E-state index contributed by atoms with van der Waals surface area (Å²) in [5, 5.41) is 2.37. The molecule has 0 radical (unpaired) electrons. The van der Waals surface area contributed by atoms with E-state index in [2.05, 4.69) is 30.3 Å². The highest BCUT2D eigenvalue weighted by Gasteiger charge is 2.21. The molecule has 2 aromatic heterocycles. The average Bonchev–Trinajstić information content (AvgIpc) is 3.30. The van der Waals surface area contributed by atoms with Crippen molar-refractivity contribution in [3.05, 3.63) is 63.9 Å². The van der Waals surface area contributed by atoms with Crippen LogP contribution in [0.25, 0.3) is 0 Å². The van der Waals surface area contributed by atoms with Crippen LogP contribution < -0.4 is 4.90 Å². The third-order valence-corrected chi connectivity index (χ3v) is 6.10. The van der Waals surface area contributed by atoms with Gasteiger partial charge in [0.15, 0.2) is 5.13 Å². The molecule has 0 N–H and O–H groups in total. The molecule has 0 saturated carbocycles. The van der Waals surface area contributed by atoms with Crippen molar-refractivity contribution in [2.75, 3.05) is 4.90 Å². The molecule has 0 aliphatic rings. The Labute approximate surface area is 187 Å².